The van der Waals surface area contributed by atoms with Crippen LogP contribution in [0.5, 0.6) is 0 Å². The molecule has 1 aliphatic heterocycles. The Morgan fingerprint density at radius 3 is 2.95 bits per heavy atom. The van der Waals surface area contributed by atoms with E-state index in [1.807, 2.05) is 13.0 Å². The normalized spacial score (nSPS) is 19.7. The summed E-state index contributed by atoms with van der Waals surface area (Å²) in [6, 6.07) is 6.22. The summed E-state index contributed by atoms with van der Waals surface area (Å²) in [4.78, 5) is 17.6. The van der Waals surface area contributed by atoms with Gasteiger partial charge >= 0.3 is 0 Å². The van der Waals surface area contributed by atoms with Crippen molar-refractivity contribution in [2.75, 3.05) is 26.2 Å². The lowest BCUT2D eigenvalue weighted by Gasteiger charge is -2.32. The predicted octanol–water partition coefficient (Wildman–Crippen LogP) is 1.30. The van der Waals surface area contributed by atoms with Crippen LogP contribution in [0.4, 0.5) is 0 Å². The molecule has 2 heterocycles. The SMILES string of the molecule is Cc1cc(C)c2[nH]c(=O)c(CN3CCO[C@@H](CN)C3)cc2c1. The van der Waals surface area contributed by atoms with Crippen LogP contribution in [0.15, 0.2) is 23.0 Å². The van der Waals surface area contributed by atoms with Gasteiger partial charge in [0.25, 0.3) is 5.56 Å². The number of pyridine rings is 1. The van der Waals surface area contributed by atoms with E-state index in [0.717, 1.165) is 35.1 Å². The number of nitrogens with one attached hydrogen (secondary N) is 1. The number of nitrogens with two attached hydrogens (primary N) is 1. The van der Waals surface area contributed by atoms with E-state index in [4.69, 9.17) is 10.5 Å². The molecule has 0 radical (unpaired) electrons. The number of aromatic nitrogens is 1. The zero-order valence-electron chi connectivity index (χ0n) is 13.2. The highest BCUT2D eigenvalue weighted by molar-refractivity contribution is 5.82. The maximum atomic E-state index is 12.4. The largest absolute Gasteiger partial charge is 0.374 e. The number of aromatic amines is 1. The lowest BCUT2D eigenvalue weighted by atomic mass is 10.0. The molecule has 0 unspecified atom stereocenters. The molecule has 3 rings (SSSR count). The van der Waals surface area contributed by atoms with Gasteiger partial charge in [-0.1, -0.05) is 11.6 Å². The van der Waals surface area contributed by atoms with E-state index in [1.54, 1.807) is 0 Å². The van der Waals surface area contributed by atoms with Crippen molar-refractivity contribution in [2.24, 2.45) is 5.73 Å². The van der Waals surface area contributed by atoms with Gasteiger partial charge in [0.1, 0.15) is 0 Å². The molecular formula is C17H23N3O2. The first-order valence-corrected chi connectivity index (χ1v) is 7.74. The number of hydrogen-bond donors (Lipinski definition) is 2. The Kier molecular flexibility index (Phi) is 4.29. The molecule has 118 valence electrons. The molecular weight excluding hydrogens is 278 g/mol. The molecule has 0 amide bonds. The minimum absolute atomic E-state index is 0.00440. The second-order valence-corrected chi connectivity index (χ2v) is 6.13. The van der Waals surface area contributed by atoms with Gasteiger partial charge in [0.05, 0.1) is 18.2 Å². The monoisotopic (exact) mass is 301 g/mol. The first-order valence-electron chi connectivity index (χ1n) is 7.74. The number of hydrogen-bond acceptors (Lipinski definition) is 4. The molecule has 5 heteroatoms. The fraction of sp³-hybridized carbons (Fsp3) is 0.471. The summed E-state index contributed by atoms with van der Waals surface area (Å²) in [6.07, 6.45) is 0.0674. The molecule has 1 fully saturated rings. The first kappa shape index (κ1) is 15.2. The molecule has 0 bridgehead atoms. The van der Waals surface area contributed by atoms with Gasteiger partial charge in [-0.05, 0) is 36.9 Å². The number of H-pyrrole nitrogens is 1. The standard InChI is InChI=1S/C17H23N3O2/c1-11-5-12(2)16-13(6-11)7-14(17(21)19-16)9-20-3-4-22-15(8-18)10-20/h5-7,15H,3-4,8-10,18H2,1-2H3,(H,19,21)/t15-/m0/s1. The van der Waals surface area contributed by atoms with E-state index in [1.165, 1.54) is 5.56 Å². The number of benzene rings is 1. The molecule has 22 heavy (non-hydrogen) atoms. The summed E-state index contributed by atoms with van der Waals surface area (Å²) >= 11 is 0. The molecule has 3 N–H and O–H groups in total. The Balaban J connectivity index is 1.90. The second-order valence-electron chi connectivity index (χ2n) is 6.13. The zero-order chi connectivity index (χ0) is 15.7. The van der Waals surface area contributed by atoms with Gasteiger partial charge in [0.15, 0.2) is 0 Å². The fourth-order valence-electron chi connectivity index (χ4n) is 3.16. The summed E-state index contributed by atoms with van der Waals surface area (Å²) in [5.41, 5.74) is 9.72. The van der Waals surface area contributed by atoms with Gasteiger partial charge in [0.2, 0.25) is 0 Å². The lowest BCUT2D eigenvalue weighted by molar-refractivity contribution is -0.0261. The molecule has 1 atom stereocenters. The summed E-state index contributed by atoms with van der Waals surface area (Å²) in [5, 5.41) is 1.09. The Hall–Kier alpha value is -1.69. The summed E-state index contributed by atoms with van der Waals surface area (Å²) in [5.74, 6) is 0. The molecule has 5 nitrogen and oxygen atoms in total. The van der Waals surface area contributed by atoms with E-state index in [0.29, 0.717) is 19.7 Å². The molecule has 1 saturated heterocycles. The van der Waals surface area contributed by atoms with Crippen molar-refractivity contribution in [2.45, 2.75) is 26.5 Å². The minimum atomic E-state index is -0.00440. The third-order valence-electron chi connectivity index (χ3n) is 4.25. The van der Waals surface area contributed by atoms with Crippen molar-refractivity contribution in [3.63, 3.8) is 0 Å². The summed E-state index contributed by atoms with van der Waals surface area (Å²) in [6.45, 7) is 7.54. The molecule has 0 aliphatic carbocycles. The smallest absolute Gasteiger partial charge is 0.252 e. The third-order valence-corrected chi connectivity index (χ3v) is 4.25. The third kappa shape index (κ3) is 3.06. The van der Waals surface area contributed by atoms with Crippen LogP contribution in [0, 0.1) is 13.8 Å². The van der Waals surface area contributed by atoms with Crippen LogP contribution in [-0.2, 0) is 11.3 Å². The maximum Gasteiger partial charge on any atom is 0.252 e. The van der Waals surface area contributed by atoms with Crippen LogP contribution >= 0.6 is 0 Å². The van der Waals surface area contributed by atoms with E-state index in [9.17, 15) is 4.79 Å². The van der Waals surface area contributed by atoms with Gasteiger partial charge in [-0.3, -0.25) is 9.69 Å². The highest BCUT2D eigenvalue weighted by Gasteiger charge is 2.20. The van der Waals surface area contributed by atoms with Crippen molar-refractivity contribution in [1.82, 2.24) is 9.88 Å². The van der Waals surface area contributed by atoms with Crippen LogP contribution < -0.4 is 11.3 Å². The van der Waals surface area contributed by atoms with Crippen LogP contribution in [-0.4, -0.2) is 42.2 Å². The predicted molar refractivity (Wildman–Crippen MR) is 88.1 cm³/mol. The highest BCUT2D eigenvalue weighted by Crippen LogP contribution is 2.19. The van der Waals surface area contributed by atoms with Crippen molar-refractivity contribution in [1.29, 1.82) is 0 Å². The summed E-state index contributed by atoms with van der Waals surface area (Å²) < 4.78 is 5.57. The van der Waals surface area contributed by atoms with Crippen molar-refractivity contribution < 1.29 is 4.74 Å². The summed E-state index contributed by atoms with van der Waals surface area (Å²) in [7, 11) is 0. The molecule has 0 spiro atoms. The number of nitrogens with zero attached hydrogens (tertiary/aromatic N) is 1. The topological polar surface area (TPSA) is 71.3 Å². The fourth-order valence-corrected chi connectivity index (χ4v) is 3.16. The Morgan fingerprint density at radius 2 is 2.18 bits per heavy atom. The number of ether oxygens (including phenoxy) is 1. The van der Waals surface area contributed by atoms with Crippen molar-refractivity contribution in [3.05, 3.63) is 45.2 Å². The van der Waals surface area contributed by atoms with Gasteiger partial charge in [-0.2, -0.15) is 0 Å². The van der Waals surface area contributed by atoms with Gasteiger partial charge in [-0.25, -0.2) is 0 Å². The van der Waals surface area contributed by atoms with Crippen LogP contribution in [0.2, 0.25) is 0 Å². The van der Waals surface area contributed by atoms with Crippen molar-refractivity contribution >= 4 is 10.9 Å². The quantitative estimate of drug-likeness (QED) is 0.896. The van der Waals surface area contributed by atoms with Crippen LogP contribution in [0.3, 0.4) is 0 Å². The lowest BCUT2D eigenvalue weighted by Crippen LogP contribution is -2.45. The van der Waals surface area contributed by atoms with E-state index < -0.39 is 0 Å². The minimum Gasteiger partial charge on any atom is -0.374 e. The van der Waals surface area contributed by atoms with Crippen LogP contribution in [0.1, 0.15) is 16.7 Å². The maximum absolute atomic E-state index is 12.4. The van der Waals surface area contributed by atoms with Gasteiger partial charge in [-0.15, -0.1) is 0 Å². The van der Waals surface area contributed by atoms with E-state index in [2.05, 4.69) is 28.9 Å². The molecule has 2 aromatic rings. The number of morpholine rings is 1. The van der Waals surface area contributed by atoms with Crippen molar-refractivity contribution in [3.8, 4) is 0 Å². The average Bonchev–Trinajstić information content (AvgIpc) is 2.49. The molecule has 1 aromatic carbocycles. The molecule has 1 aliphatic rings. The van der Waals surface area contributed by atoms with E-state index >= 15 is 0 Å². The average molecular weight is 301 g/mol. The van der Waals surface area contributed by atoms with Gasteiger partial charge in [0, 0.05) is 31.7 Å². The number of fused-ring (bicyclic) bond motifs is 1. The van der Waals surface area contributed by atoms with Gasteiger partial charge < -0.3 is 15.5 Å². The Labute approximate surface area is 130 Å². The zero-order valence-corrected chi connectivity index (χ0v) is 13.2. The number of aryl methyl sites for hydroxylation is 2. The van der Waals surface area contributed by atoms with E-state index in [-0.39, 0.29) is 11.7 Å². The highest BCUT2D eigenvalue weighted by atomic mass is 16.5. The molecule has 0 saturated carbocycles. The Bertz CT molecular complexity index is 738. The number of rotatable bonds is 3. The Morgan fingerprint density at radius 1 is 1.36 bits per heavy atom. The molecule has 1 aromatic heterocycles. The van der Waals surface area contributed by atoms with Crippen LogP contribution in [0.25, 0.3) is 10.9 Å². The first-order chi connectivity index (χ1) is 10.6. The second kappa shape index (κ2) is 6.20.